The van der Waals surface area contributed by atoms with Gasteiger partial charge < -0.3 is 14.3 Å². The lowest BCUT2D eigenvalue weighted by Gasteiger charge is -2.31. The summed E-state index contributed by atoms with van der Waals surface area (Å²) < 4.78 is 10.1. The first kappa shape index (κ1) is 20.4. The molecule has 2 atom stereocenters. The predicted octanol–water partition coefficient (Wildman–Crippen LogP) is 2.97. The molecule has 0 saturated carbocycles. The summed E-state index contributed by atoms with van der Waals surface area (Å²) in [5, 5.41) is 0. The molecule has 0 aromatic heterocycles. The molecule has 0 saturated heterocycles. The number of carbonyl (C=O) groups excluding carboxylic acids is 3. The van der Waals surface area contributed by atoms with E-state index in [0.717, 1.165) is 16.0 Å². The van der Waals surface area contributed by atoms with Crippen molar-refractivity contribution >= 4 is 18.3 Å². The first-order chi connectivity index (χ1) is 11.9. The van der Waals surface area contributed by atoms with Crippen LogP contribution in [0.15, 0.2) is 42.5 Å². The molecule has 0 aliphatic carbocycles. The van der Waals surface area contributed by atoms with Crippen LogP contribution in [0, 0.1) is 5.92 Å². The van der Waals surface area contributed by atoms with Gasteiger partial charge in [-0.1, -0.05) is 42.8 Å². The molecule has 6 heteroatoms. The Labute approximate surface area is 148 Å². The second kappa shape index (κ2) is 10.3. The van der Waals surface area contributed by atoms with Crippen molar-refractivity contribution in [3.05, 3.63) is 48.0 Å². The van der Waals surface area contributed by atoms with E-state index < -0.39 is 18.1 Å². The molecule has 6 nitrogen and oxygen atoms in total. The monoisotopic (exact) mass is 347 g/mol. The van der Waals surface area contributed by atoms with Gasteiger partial charge in [0.2, 0.25) is 0 Å². The smallest absolute Gasteiger partial charge is 0.411 e. The van der Waals surface area contributed by atoms with Crippen molar-refractivity contribution in [1.29, 1.82) is 0 Å². The zero-order valence-corrected chi connectivity index (χ0v) is 14.9. The Morgan fingerprint density at radius 3 is 2.44 bits per heavy atom. The molecule has 1 aromatic rings. The van der Waals surface area contributed by atoms with E-state index in [1.54, 1.807) is 6.92 Å². The van der Waals surface area contributed by atoms with Crippen LogP contribution in [0.1, 0.15) is 25.8 Å². The third kappa shape index (κ3) is 6.41. The summed E-state index contributed by atoms with van der Waals surface area (Å²) >= 11 is 0. The van der Waals surface area contributed by atoms with Crippen LogP contribution in [-0.4, -0.2) is 42.9 Å². The Balaban J connectivity index is 2.93. The largest absolute Gasteiger partial charge is 0.467 e. The van der Waals surface area contributed by atoms with Crippen molar-refractivity contribution in [1.82, 2.24) is 4.90 Å². The van der Waals surface area contributed by atoms with Gasteiger partial charge in [0.1, 0.15) is 18.9 Å². The van der Waals surface area contributed by atoms with Crippen molar-refractivity contribution in [3.63, 3.8) is 0 Å². The second-order valence-corrected chi connectivity index (χ2v) is 5.97. The van der Waals surface area contributed by atoms with Crippen LogP contribution in [0.5, 0.6) is 0 Å². The van der Waals surface area contributed by atoms with E-state index in [-0.39, 0.29) is 19.1 Å². The Morgan fingerprint density at radius 1 is 1.28 bits per heavy atom. The Hall–Kier alpha value is -2.63. The standard InChI is InChI=1S/C19H25NO5/c1-14(2)12-15(3)17(18(22)24-4)20(10-11-21)19(23)25-13-16-8-6-5-7-9-16/h5-9,11,15,17H,1,10,12-13H2,2-4H3/t15-,17+/m1/s1. The van der Waals surface area contributed by atoms with Crippen molar-refractivity contribution in [3.8, 4) is 0 Å². The van der Waals surface area contributed by atoms with Gasteiger partial charge in [-0.25, -0.2) is 9.59 Å². The fraction of sp³-hybridized carbons (Fsp3) is 0.421. The third-order valence-electron chi connectivity index (χ3n) is 3.70. The number of hydrogen-bond donors (Lipinski definition) is 0. The molecule has 0 N–H and O–H groups in total. The van der Waals surface area contributed by atoms with Gasteiger partial charge in [0, 0.05) is 0 Å². The van der Waals surface area contributed by atoms with Crippen LogP contribution >= 0.6 is 0 Å². The van der Waals surface area contributed by atoms with Gasteiger partial charge in [0.05, 0.1) is 13.7 Å². The van der Waals surface area contributed by atoms with Crippen molar-refractivity contribution < 1.29 is 23.9 Å². The number of ether oxygens (including phenoxy) is 2. The highest BCUT2D eigenvalue weighted by atomic mass is 16.6. The summed E-state index contributed by atoms with van der Waals surface area (Å²) in [5.41, 5.74) is 1.68. The van der Waals surface area contributed by atoms with Crippen LogP contribution in [0.25, 0.3) is 0 Å². The molecule has 1 rings (SSSR count). The van der Waals surface area contributed by atoms with Gasteiger partial charge in [-0.05, 0) is 24.8 Å². The quantitative estimate of drug-likeness (QED) is 0.390. The molecular formula is C19H25NO5. The minimum absolute atomic E-state index is 0.0534. The lowest BCUT2D eigenvalue weighted by Crippen LogP contribution is -2.50. The molecule has 0 radical (unpaired) electrons. The minimum Gasteiger partial charge on any atom is -0.467 e. The number of methoxy groups -OCH3 is 1. The Morgan fingerprint density at radius 2 is 1.92 bits per heavy atom. The van der Waals surface area contributed by atoms with E-state index in [9.17, 15) is 14.4 Å². The molecule has 0 unspecified atom stereocenters. The first-order valence-electron chi connectivity index (χ1n) is 8.03. The average molecular weight is 347 g/mol. The summed E-state index contributed by atoms with van der Waals surface area (Å²) in [6.07, 6.45) is 0.341. The average Bonchev–Trinajstić information content (AvgIpc) is 2.59. The van der Waals surface area contributed by atoms with E-state index >= 15 is 0 Å². The lowest BCUT2D eigenvalue weighted by molar-refractivity contribution is -0.148. The highest BCUT2D eigenvalue weighted by molar-refractivity contribution is 5.83. The molecular weight excluding hydrogens is 322 g/mol. The second-order valence-electron chi connectivity index (χ2n) is 5.97. The number of benzene rings is 1. The highest BCUT2D eigenvalue weighted by Gasteiger charge is 2.36. The van der Waals surface area contributed by atoms with Crippen molar-refractivity contribution in [2.45, 2.75) is 32.9 Å². The van der Waals surface area contributed by atoms with Gasteiger partial charge >= 0.3 is 12.1 Å². The molecule has 1 aromatic carbocycles. The molecule has 0 fully saturated rings. The number of amides is 1. The number of allylic oxidation sites excluding steroid dienone is 1. The van der Waals surface area contributed by atoms with E-state index in [4.69, 9.17) is 9.47 Å². The molecule has 0 aliphatic heterocycles. The molecule has 1 amide bonds. The number of nitrogens with zero attached hydrogens (tertiary/aromatic N) is 1. The van der Waals surface area contributed by atoms with Crippen LogP contribution in [0.2, 0.25) is 0 Å². The summed E-state index contributed by atoms with van der Waals surface area (Å²) in [7, 11) is 1.25. The van der Waals surface area contributed by atoms with Gasteiger partial charge in [-0.3, -0.25) is 4.90 Å². The maximum Gasteiger partial charge on any atom is 0.411 e. The van der Waals surface area contributed by atoms with Gasteiger partial charge in [0.25, 0.3) is 0 Å². The summed E-state index contributed by atoms with van der Waals surface area (Å²) in [6.45, 7) is 7.27. The molecule has 136 valence electrons. The molecule has 0 spiro atoms. The van der Waals surface area contributed by atoms with Gasteiger partial charge in [-0.15, -0.1) is 6.58 Å². The first-order valence-corrected chi connectivity index (χ1v) is 8.03. The number of aldehydes is 1. The van der Waals surface area contributed by atoms with Crippen molar-refractivity contribution in [2.24, 2.45) is 5.92 Å². The Kier molecular flexibility index (Phi) is 8.39. The molecule has 25 heavy (non-hydrogen) atoms. The minimum atomic E-state index is -0.921. The number of hydrogen-bond acceptors (Lipinski definition) is 5. The van der Waals surface area contributed by atoms with Crippen LogP contribution in [0.3, 0.4) is 0 Å². The summed E-state index contributed by atoms with van der Waals surface area (Å²) in [4.78, 5) is 36.8. The summed E-state index contributed by atoms with van der Waals surface area (Å²) in [6, 6.07) is 8.24. The van der Waals surface area contributed by atoms with E-state index in [1.807, 2.05) is 37.3 Å². The van der Waals surface area contributed by atoms with Crippen LogP contribution in [0.4, 0.5) is 4.79 Å². The maximum atomic E-state index is 12.5. The maximum absolute atomic E-state index is 12.5. The van der Waals surface area contributed by atoms with Gasteiger partial charge in [0.15, 0.2) is 0 Å². The zero-order chi connectivity index (χ0) is 18.8. The van der Waals surface area contributed by atoms with Gasteiger partial charge in [-0.2, -0.15) is 0 Å². The van der Waals surface area contributed by atoms with Crippen LogP contribution < -0.4 is 0 Å². The fourth-order valence-corrected chi connectivity index (χ4v) is 2.63. The number of carbonyl (C=O) groups is 3. The van der Waals surface area contributed by atoms with Crippen LogP contribution in [-0.2, 0) is 25.7 Å². The predicted molar refractivity (Wildman–Crippen MR) is 93.8 cm³/mol. The summed E-state index contributed by atoms with van der Waals surface area (Å²) in [5.74, 6) is -0.860. The highest BCUT2D eigenvalue weighted by Crippen LogP contribution is 2.21. The topological polar surface area (TPSA) is 72.9 Å². The molecule has 0 heterocycles. The molecule has 0 bridgehead atoms. The fourth-order valence-electron chi connectivity index (χ4n) is 2.63. The van der Waals surface area contributed by atoms with E-state index in [0.29, 0.717) is 12.7 Å². The van der Waals surface area contributed by atoms with Crippen molar-refractivity contribution in [2.75, 3.05) is 13.7 Å². The lowest BCUT2D eigenvalue weighted by atomic mass is 9.94. The SMILES string of the molecule is C=C(C)C[C@@H](C)[C@@H](C(=O)OC)N(CC=O)C(=O)OCc1ccccc1. The molecule has 0 aliphatic rings. The third-order valence-corrected chi connectivity index (χ3v) is 3.70. The Bertz CT molecular complexity index is 599. The van der Waals surface area contributed by atoms with E-state index in [1.165, 1.54) is 7.11 Å². The number of esters is 1. The zero-order valence-electron chi connectivity index (χ0n) is 14.9. The van der Waals surface area contributed by atoms with E-state index in [2.05, 4.69) is 6.58 Å². The normalized spacial score (nSPS) is 12.6. The number of rotatable bonds is 9.